The van der Waals surface area contributed by atoms with E-state index in [1.807, 2.05) is 31.3 Å². The van der Waals surface area contributed by atoms with E-state index in [1.54, 1.807) is 7.41 Å². The molecule has 3 aromatic rings. The summed E-state index contributed by atoms with van der Waals surface area (Å²) in [6, 6.07) is 16.8. The van der Waals surface area contributed by atoms with Crippen molar-refractivity contribution in [2.24, 2.45) is 5.73 Å². The monoisotopic (exact) mass is 467 g/mol. The number of aryl methyl sites for hydroxylation is 3. The highest BCUT2D eigenvalue weighted by Crippen LogP contribution is 2.28. The first-order valence-corrected chi connectivity index (χ1v) is 12.3. The number of hydrogen-bond donors (Lipinski definition) is 1. The predicted octanol–water partition coefficient (Wildman–Crippen LogP) is 3.18. The van der Waals surface area contributed by atoms with Gasteiger partial charge in [-0.2, -0.15) is 0 Å². The molecule has 0 saturated carbocycles. The van der Waals surface area contributed by atoms with Gasteiger partial charge in [0, 0.05) is 18.3 Å². The van der Waals surface area contributed by atoms with Gasteiger partial charge in [-0.1, -0.05) is 48.5 Å². The molecule has 179 valence electrons. The number of carbonyl (C=O) groups excluding carboxylic acids is 2. The Morgan fingerprint density at radius 1 is 1.09 bits per heavy atom. The Labute approximate surface area is 208 Å². The molecule has 2 aromatic carbocycles. The zero-order valence-corrected chi connectivity index (χ0v) is 20.3. The largest absolute Gasteiger partial charge is 0.369 e. The maximum atomic E-state index is 11.4. The second-order valence-electron chi connectivity index (χ2n) is 9.34. The molecule has 0 aliphatic carbocycles. The lowest BCUT2D eigenvalue weighted by Crippen LogP contribution is -2.36. The van der Waals surface area contributed by atoms with Crippen molar-refractivity contribution < 1.29 is 9.59 Å². The maximum Gasteiger partial charge on any atom is 0.293 e. The summed E-state index contributed by atoms with van der Waals surface area (Å²) in [5.74, 6) is 1.05. The normalized spacial score (nSPS) is 14.5. The summed E-state index contributed by atoms with van der Waals surface area (Å²) in [5, 5.41) is 0. The van der Waals surface area contributed by atoms with Crippen molar-refractivity contribution in [2.45, 2.75) is 51.4 Å². The van der Waals surface area contributed by atoms with E-state index in [1.165, 1.54) is 11.1 Å². The SMILES string of the molecule is Cc1cnc(Cc2ccc(C3CCN([B]C=O)CC3)cc2)nc1CCc1ccccc1CC(N)=O. The Kier molecular flexibility index (Phi) is 8.43. The summed E-state index contributed by atoms with van der Waals surface area (Å²) in [5.41, 5.74) is 12.2. The van der Waals surface area contributed by atoms with E-state index >= 15 is 0 Å². The topological polar surface area (TPSA) is 89.2 Å². The number of nitrogens with two attached hydrogens (primary N) is 1. The average Bonchev–Trinajstić information content (AvgIpc) is 2.86. The van der Waals surface area contributed by atoms with Crippen LogP contribution in [0.15, 0.2) is 54.7 Å². The van der Waals surface area contributed by atoms with E-state index in [-0.39, 0.29) is 12.3 Å². The Balaban J connectivity index is 1.38. The number of carbonyl (C=O) groups is 2. The van der Waals surface area contributed by atoms with Crippen molar-refractivity contribution in [1.82, 2.24) is 14.8 Å². The van der Waals surface area contributed by atoms with Gasteiger partial charge in [0.25, 0.3) is 7.41 Å². The highest BCUT2D eigenvalue weighted by atomic mass is 16.1. The number of rotatable bonds is 10. The Bertz CT molecular complexity index is 1160. The van der Waals surface area contributed by atoms with Crippen molar-refractivity contribution in [1.29, 1.82) is 0 Å². The van der Waals surface area contributed by atoms with Crippen LogP contribution in [0.5, 0.6) is 0 Å². The molecule has 1 saturated heterocycles. The molecular weight excluding hydrogens is 435 g/mol. The average molecular weight is 467 g/mol. The van der Waals surface area contributed by atoms with Gasteiger partial charge < -0.3 is 15.3 Å². The molecule has 4 rings (SSSR count). The van der Waals surface area contributed by atoms with Gasteiger partial charge in [-0.05, 0) is 79.4 Å². The number of nitrogens with zero attached hydrogens (tertiary/aromatic N) is 3. The minimum atomic E-state index is -0.314. The number of piperidine rings is 1. The van der Waals surface area contributed by atoms with Gasteiger partial charge in [0.1, 0.15) is 5.82 Å². The van der Waals surface area contributed by atoms with Crippen molar-refractivity contribution in [3.05, 3.63) is 94.1 Å². The molecule has 1 aromatic heterocycles. The molecule has 0 unspecified atom stereocenters. The standard InChI is InChI=1S/C28H32BN4O2/c1-20-18-31-28(32-26(20)11-10-22-4-2-3-5-25(22)17-27(30)35)16-21-6-8-23(9-7-21)24-12-14-33(15-13-24)29-19-34/h2-9,18-19,24H,10-17H2,1H3,(H2,30,35). The van der Waals surface area contributed by atoms with Crippen LogP contribution in [0, 0.1) is 6.92 Å². The van der Waals surface area contributed by atoms with E-state index in [9.17, 15) is 9.59 Å². The molecule has 1 fully saturated rings. The summed E-state index contributed by atoms with van der Waals surface area (Å²) in [6.45, 7) is 3.90. The number of benzene rings is 2. The van der Waals surface area contributed by atoms with E-state index in [0.29, 0.717) is 12.3 Å². The van der Waals surface area contributed by atoms with Gasteiger partial charge in [0.05, 0.1) is 12.6 Å². The number of hydrogen-bond acceptors (Lipinski definition) is 5. The Hall–Kier alpha value is -3.32. The van der Waals surface area contributed by atoms with Crippen LogP contribution < -0.4 is 5.73 Å². The third-order valence-corrected chi connectivity index (χ3v) is 6.86. The molecule has 0 bridgehead atoms. The van der Waals surface area contributed by atoms with E-state index in [0.717, 1.165) is 73.2 Å². The minimum absolute atomic E-state index is 0.260. The van der Waals surface area contributed by atoms with Gasteiger partial charge in [0.15, 0.2) is 0 Å². The van der Waals surface area contributed by atoms with Crippen molar-refractivity contribution in [2.75, 3.05) is 13.1 Å². The van der Waals surface area contributed by atoms with Crippen LogP contribution in [0.3, 0.4) is 0 Å². The lowest BCUT2D eigenvalue weighted by Gasteiger charge is -2.30. The van der Waals surface area contributed by atoms with Crippen LogP contribution >= 0.6 is 0 Å². The molecule has 35 heavy (non-hydrogen) atoms. The van der Waals surface area contributed by atoms with Crippen molar-refractivity contribution >= 4 is 19.5 Å². The molecule has 1 amide bonds. The lowest BCUT2D eigenvalue weighted by molar-refractivity contribution is -0.117. The summed E-state index contributed by atoms with van der Waals surface area (Å²) in [7, 11) is 1.65. The van der Waals surface area contributed by atoms with Gasteiger partial charge >= 0.3 is 0 Å². The van der Waals surface area contributed by atoms with Gasteiger partial charge in [0.2, 0.25) is 5.91 Å². The summed E-state index contributed by atoms with van der Waals surface area (Å²) >= 11 is 0. The zero-order valence-electron chi connectivity index (χ0n) is 20.3. The van der Waals surface area contributed by atoms with Crippen LogP contribution in [0.25, 0.3) is 0 Å². The number of aromatic nitrogens is 2. The molecule has 0 spiro atoms. The smallest absolute Gasteiger partial charge is 0.293 e. The first kappa shape index (κ1) is 24.8. The molecule has 1 radical (unpaired) electrons. The Morgan fingerprint density at radius 3 is 2.49 bits per heavy atom. The van der Waals surface area contributed by atoms with Gasteiger partial charge in [-0.3, -0.25) is 4.79 Å². The van der Waals surface area contributed by atoms with Crippen LogP contribution in [-0.2, 0) is 35.3 Å². The second kappa shape index (κ2) is 11.9. The lowest BCUT2D eigenvalue weighted by atomic mass is 9.84. The van der Waals surface area contributed by atoms with Crippen LogP contribution in [-0.4, -0.2) is 47.4 Å². The van der Waals surface area contributed by atoms with E-state index in [4.69, 9.17) is 10.7 Å². The van der Waals surface area contributed by atoms with Crippen molar-refractivity contribution in [3.8, 4) is 0 Å². The Morgan fingerprint density at radius 2 is 1.80 bits per heavy atom. The highest BCUT2D eigenvalue weighted by molar-refractivity contribution is 6.64. The summed E-state index contributed by atoms with van der Waals surface area (Å²) in [4.78, 5) is 33.6. The van der Waals surface area contributed by atoms with Crippen LogP contribution in [0.1, 0.15) is 58.1 Å². The zero-order chi connectivity index (χ0) is 24.6. The molecule has 2 heterocycles. The minimum Gasteiger partial charge on any atom is -0.369 e. The number of amides is 1. The molecular formula is C28H32BN4O2. The molecule has 1 aliphatic rings. The molecule has 6 nitrogen and oxygen atoms in total. The molecule has 1 aliphatic heterocycles. The van der Waals surface area contributed by atoms with E-state index < -0.39 is 0 Å². The van der Waals surface area contributed by atoms with Crippen LogP contribution in [0.4, 0.5) is 0 Å². The first-order chi connectivity index (χ1) is 17.0. The number of primary amides is 1. The maximum absolute atomic E-state index is 11.4. The van der Waals surface area contributed by atoms with Crippen LogP contribution in [0.2, 0.25) is 0 Å². The molecule has 7 heteroatoms. The first-order valence-electron chi connectivity index (χ1n) is 12.3. The third kappa shape index (κ3) is 6.86. The van der Waals surface area contributed by atoms with Gasteiger partial charge in [-0.15, -0.1) is 0 Å². The van der Waals surface area contributed by atoms with Crippen molar-refractivity contribution in [3.63, 3.8) is 0 Å². The van der Waals surface area contributed by atoms with Gasteiger partial charge in [-0.25, -0.2) is 9.97 Å². The summed E-state index contributed by atoms with van der Waals surface area (Å²) < 4.78 is 0. The predicted molar refractivity (Wildman–Crippen MR) is 139 cm³/mol. The fraction of sp³-hybridized carbons (Fsp3) is 0.357. The fourth-order valence-corrected chi connectivity index (χ4v) is 4.83. The highest BCUT2D eigenvalue weighted by Gasteiger charge is 2.20. The quantitative estimate of drug-likeness (QED) is 0.366. The molecule has 0 atom stereocenters. The van der Waals surface area contributed by atoms with E-state index in [2.05, 4.69) is 40.1 Å². The second-order valence-corrected chi connectivity index (χ2v) is 9.34. The summed E-state index contributed by atoms with van der Waals surface area (Å²) in [6.07, 6.45) is 7.46. The third-order valence-electron chi connectivity index (χ3n) is 6.86. The molecule has 2 N–H and O–H groups in total. The fourth-order valence-electron chi connectivity index (χ4n) is 4.83.